The summed E-state index contributed by atoms with van der Waals surface area (Å²) in [6.45, 7) is 10.1. The van der Waals surface area contributed by atoms with Crippen LogP contribution in [-0.2, 0) is 24.8 Å². The highest BCUT2D eigenvalue weighted by atomic mass is 16.7. The van der Waals surface area contributed by atoms with Gasteiger partial charge in [0.25, 0.3) is 0 Å². The molecule has 8 nitrogen and oxygen atoms in total. The third-order valence-electron chi connectivity index (χ3n) is 4.84. The molecular formula is C21H32N2O6. The minimum atomic E-state index is -1.08. The average molecular weight is 408 g/mol. The molecule has 162 valence electrons. The molecule has 29 heavy (non-hydrogen) atoms. The van der Waals surface area contributed by atoms with Crippen molar-refractivity contribution in [3.8, 4) is 5.88 Å². The lowest BCUT2D eigenvalue weighted by atomic mass is 9.89. The lowest BCUT2D eigenvalue weighted by Gasteiger charge is -2.34. The van der Waals surface area contributed by atoms with Crippen molar-refractivity contribution in [3.63, 3.8) is 0 Å². The summed E-state index contributed by atoms with van der Waals surface area (Å²) in [6.07, 6.45) is 1.44. The van der Waals surface area contributed by atoms with E-state index in [1.807, 2.05) is 33.8 Å². The number of nitrogens with zero attached hydrogens (tertiary/aromatic N) is 2. The van der Waals surface area contributed by atoms with Crippen LogP contribution < -0.4 is 4.74 Å². The first-order valence-electron chi connectivity index (χ1n) is 9.78. The number of likely N-dealkylation sites (tertiary alicyclic amines) is 1. The maximum Gasteiger partial charge on any atom is 0.410 e. The lowest BCUT2D eigenvalue weighted by molar-refractivity contribution is -0.217. The van der Waals surface area contributed by atoms with E-state index in [4.69, 9.17) is 18.9 Å². The molecule has 1 aliphatic rings. The molecule has 2 heterocycles. The molecular weight excluding hydrogens is 376 g/mol. The van der Waals surface area contributed by atoms with E-state index in [-0.39, 0.29) is 18.7 Å². The normalized spacial score (nSPS) is 19.6. The lowest BCUT2D eigenvalue weighted by Crippen LogP contribution is -2.45. The Hall–Kier alpha value is -2.19. The molecule has 1 saturated heterocycles. The first-order valence-corrected chi connectivity index (χ1v) is 9.78. The van der Waals surface area contributed by atoms with Crippen molar-refractivity contribution in [2.75, 3.05) is 33.9 Å². The molecule has 0 spiro atoms. The summed E-state index contributed by atoms with van der Waals surface area (Å²) in [5.74, 6) is -1.17. The van der Waals surface area contributed by atoms with Crippen molar-refractivity contribution in [3.05, 3.63) is 23.4 Å². The first-order chi connectivity index (χ1) is 13.5. The molecule has 1 fully saturated rings. The molecule has 1 aliphatic heterocycles. The number of piperidine rings is 1. The van der Waals surface area contributed by atoms with E-state index in [2.05, 4.69) is 4.98 Å². The van der Waals surface area contributed by atoms with Gasteiger partial charge in [-0.05, 0) is 46.2 Å². The number of ketones is 1. The van der Waals surface area contributed by atoms with Gasteiger partial charge in [0.1, 0.15) is 11.4 Å². The van der Waals surface area contributed by atoms with Crippen LogP contribution in [-0.4, -0.2) is 61.3 Å². The number of pyridine rings is 1. The Bertz CT molecular complexity index is 745. The minimum Gasteiger partial charge on any atom is -0.481 e. The van der Waals surface area contributed by atoms with Crippen LogP contribution in [0.5, 0.6) is 5.88 Å². The van der Waals surface area contributed by atoms with Gasteiger partial charge in [0.15, 0.2) is 5.79 Å². The van der Waals surface area contributed by atoms with E-state index in [9.17, 15) is 9.59 Å². The van der Waals surface area contributed by atoms with E-state index in [0.29, 0.717) is 30.2 Å². The molecule has 2 unspecified atom stereocenters. The molecule has 0 aliphatic carbocycles. The molecule has 0 bridgehead atoms. The van der Waals surface area contributed by atoms with Gasteiger partial charge in [-0.25, -0.2) is 9.78 Å². The van der Waals surface area contributed by atoms with Crippen LogP contribution in [0.25, 0.3) is 0 Å². The number of Topliss-reactive ketones (excluding diaryl/α,β-unsaturated/α-hetero) is 1. The number of aromatic nitrogens is 1. The van der Waals surface area contributed by atoms with Crippen molar-refractivity contribution in [1.29, 1.82) is 0 Å². The first kappa shape index (κ1) is 23.1. The van der Waals surface area contributed by atoms with Gasteiger partial charge in [0, 0.05) is 39.4 Å². The zero-order valence-electron chi connectivity index (χ0n) is 18.4. The number of rotatable bonds is 6. The topological polar surface area (TPSA) is 87.2 Å². The van der Waals surface area contributed by atoms with Crippen LogP contribution in [0.4, 0.5) is 4.79 Å². The molecule has 0 saturated carbocycles. The average Bonchev–Trinajstić information content (AvgIpc) is 2.66. The van der Waals surface area contributed by atoms with E-state index >= 15 is 0 Å². The SMILES string of the molecule is CCOC(C)(OC)c1cc(C2CN(C(=O)OC(C)(C)C)CCC2=O)cnc1OC. The van der Waals surface area contributed by atoms with Gasteiger partial charge in [-0.15, -0.1) is 0 Å². The van der Waals surface area contributed by atoms with Crippen LogP contribution >= 0.6 is 0 Å². The van der Waals surface area contributed by atoms with Gasteiger partial charge in [0.2, 0.25) is 5.88 Å². The molecule has 1 aromatic heterocycles. The monoisotopic (exact) mass is 408 g/mol. The Labute approximate surface area is 172 Å². The molecule has 0 aromatic carbocycles. The highest BCUT2D eigenvalue weighted by molar-refractivity contribution is 5.88. The summed E-state index contributed by atoms with van der Waals surface area (Å²) in [5, 5.41) is 0. The van der Waals surface area contributed by atoms with Gasteiger partial charge in [-0.2, -0.15) is 0 Å². The van der Waals surface area contributed by atoms with Crippen LogP contribution in [0.3, 0.4) is 0 Å². The molecule has 0 N–H and O–H groups in total. The quantitative estimate of drug-likeness (QED) is 0.668. The predicted octanol–water partition coefficient (Wildman–Crippen LogP) is 3.24. The number of methoxy groups -OCH3 is 2. The Morgan fingerprint density at radius 3 is 2.52 bits per heavy atom. The molecule has 0 radical (unpaired) electrons. The molecule has 8 heteroatoms. The second kappa shape index (κ2) is 9.09. The van der Waals surface area contributed by atoms with Crippen LogP contribution in [0, 0.1) is 0 Å². The highest BCUT2D eigenvalue weighted by Gasteiger charge is 2.36. The predicted molar refractivity (Wildman–Crippen MR) is 107 cm³/mol. The Kier molecular flexibility index (Phi) is 7.24. The van der Waals surface area contributed by atoms with E-state index < -0.39 is 23.4 Å². The molecule has 2 atom stereocenters. The summed E-state index contributed by atoms with van der Waals surface area (Å²) in [4.78, 5) is 31.1. The highest BCUT2D eigenvalue weighted by Crippen LogP contribution is 2.35. The van der Waals surface area contributed by atoms with Crippen LogP contribution in [0.15, 0.2) is 12.3 Å². The Balaban J connectivity index is 2.35. The number of carbonyl (C=O) groups is 2. The smallest absolute Gasteiger partial charge is 0.410 e. The van der Waals surface area contributed by atoms with Crippen molar-refractivity contribution in [2.24, 2.45) is 0 Å². The van der Waals surface area contributed by atoms with Gasteiger partial charge in [-0.3, -0.25) is 4.79 Å². The second-order valence-corrected chi connectivity index (χ2v) is 8.10. The summed E-state index contributed by atoms with van der Waals surface area (Å²) in [6, 6.07) is 1.81. The maximum absolute atomic E-state index is 12.7. The van der Waals surface area contributed by atoms with E-state index in [1.54, 1.807) is 18.0 Å². The fourth-order valence-corrected chi connectivity index (χ4v) is 3.29. The largest absolute Gasteiger partial charge is 0.481 e. The Morgan fingerprint density at radius 2 is 1.97 bits per heavy atom. The van der Waals surface area contributed by atoms with Gasteiger partial charge in [-0.1, -0.05) is 0 Å². The van der Waals surface area contributed by atoms with Crippen molar-refractivity contribution < 1.29 is 28.5 Å². The number of hydrogen-bond acceptors (Lipinski definition) is 7. The number of ether oxygens (including phenoxy) is 4. The van der Waals surface area contributed by atoms with Crippen LogP contribution in [0.2, 0.25) is 0 Å². The third kappa shape index (κ3) is 5.45. The van der Waals surface area contributed by atoms with Crippen LogP contribution in [0.1, 0.15) is 58.1 Å². The molecule has 1 amide bonds. The van der Waals surface area contributed by atoms with Gasteiger partial charge in [0.05, 0.1) is 18.6 Å². The molecule has 2 rings (SSSR count). The summed E-state index contributed by atoms with van der Waals surface area (Å²) < 4.78 is 22.2. The summed E-state index contributed by atoms with van der Waals surface area (Å²) in [5.41, 5.74) is 0.673. The Morgan fingerprint density at radius 1 is 1.28 bits per heavy atom. The zero-order valence-corrected chi connectivity index (χ0v) is 18.4. The zero-order chi connectivity index (χ0) is 21.8. The van der Waals surface area contributed by atoms with E-state index in [0.717, 1.165) is 0 Å². The molecule has 1 aromatic rings. The standard InChI is InChI=1S/C21H32N2O6/c1-8-28-21(5,27-7)16-11-14(12-22-18(16)26-6)15-13-23(10-9-17(15)24)19(25)29-20(2,3)4/h11-12,15H,8-10,13H2,1-7H3. The fraction of sp³-hybridized carbons (Fsp3) is 0.667. The minimum absolute atomic E-state index is 0.0539. The maximum atomic E-state index is 12.7. The van der Waals surface area contributed by atoms with Gasteiger partial charge >= 0.3 is 6.09 Å². The number of amides is 1. The third-order valence-corrected chi connectivity index (χ3v) is 4.84. The van der Waals surface area contributed by atoms with Crippen molar-refractivity contribution >= 4 is 11.9 Å². The fourth-order valence-electron chi connectivity index (χ4n) is 3.29. The second-order valence-electron chi connectivity index (χ2n) is 8.10. The number of carbonyl (C=O) groups excluding carboxylic acids is 2. The summed E-state index contributed by atoms with van der Waals surface area (Å²) >= 11 is 0. The van der Waals surface area contributed by atoms with Crippen molar-refractivity contribution in [1.82, 2.24) is 9.88 Å². The summed E-state index contributed by atoms with van der Waals surface area (Å²) in [7, 11) is 3.06. The number of hydrogen-bond donors (Lipinski definition) is 0. The van der Waals surface area contributed by atoms with Gasteiger partial charge < -0.3 is 23.8 Å². The van der Waals surface area contributed by atoms with Crippen molar-refractivity contribution in [2.45, 2.75) is 58.3 Å². The van der Waals surface area contributed by atoms with E-state index in [1.165, 1.54) is 14.2 Å².